The van der Waals surface area contributed by atoms with E-state index in [1.54, 1.807) is 30.1 Å². The highest BCUT2D eigenvalue weighted by molar-refractivity contribution is 5.72. The molecule has 2 atom stereocenters. The van der Waals surface area contributed by atoms with Gasteiger partial charge in [0.15, 0.2) is 6.10 Å². The fourth-order valence-corrected chi connectivity index (χ4v) is 2.19. The van der Waals surface area contributed by atoms with Crippen LogP contribution in [0.25, 0.3) is 0 Å². The lowest BCUT2D eigenvalue weighted by Gasteiger charge is -2.23. The van der Waals surface area contributed by atoms with Gasteiger partial charge in [-0.05, 0) is 25.0 Å². The van der Waals surface area contributed by atoms with Crippen molar-refractivity contribution >= 4 is 11.7 Å². The number of anilines is 1. The number of carboxylic acid groups (broad SMARTS) is 1. The number of nitrogens with zero attached hydrogens (tertiary/aromatic N) is 1. The van der Waals surface area contributed by atoms with E-state index in [0.29, 0.717) is 25.1 Å². The fourth-order valence-electron chi connectivity index (χ4n) is 2.19. The summed E-state index contributed by atoms with van der Waals surface area (Å²) in [5.74, 6) is -1.21. The number of benzene rings is 1. The molecule has 1 heterocycles. The predicted molar refractivity (Wildman–Crippen MR) is 65.2 cm³/mol. The lowest BCUT2D eigenvalue weighted by molar-refractivity contribution is -0.149. The van der Waals surface area contributed by atoms with Gasteiger partial charge in [0.05, 0.1) is 11.8 Å². The Hall–Kier alpha value is -1.62. The molecule has 18 heavy (non-hydrogen) atoms. The van der Waals surface area contributed by atoms with Crippen LogP contribution < -0.4 is 4.90 Å². The number of halogens is 1. The van der Waals surface area contributed by atoms with E-state index in [1.807, 2.05) is 0 Å². The number of rotatable bonds is 4. The first-order chi connectivity index (χ1) is 8.58. The van der Waals surface area contributed by atoms with Gasteiger partial charge in [-0.15, -0.1) is 0 Å². The van der Waals surface area contributed by atoms with Crippen molar-refractivity contribution < 1.29 is 19.0 Å². The number of para-hydroxylation sites is 1. The summed E-state index contributed by atoms with van der Waals surface area (Å²) in [5.41, 5.74) is 0.500. The Bertz CT molecular complexity index is 438. The second-order valence-electron chi connectivity index (χ2n) is 4.49. The first-order valence-electron chi connectivity index (χ1n) is 5.92. The number of likely N-dealkylation sites (N-methyl/N-ethyl adjacent to an activating group) is 1. The number of ether oxygens (including phenoxy) is 1. The molecule has 2 rings (SSSR count). The zero-order valence-electron chi connectivity index (χ0n) is 10.2. The Morgan fingerprint density at radius 1 is 1.50 bits per heavy atom. The molecule has 0 aromatic heterocycles. The third-order valence-electron chi connectivity index (χ3n) is 3.12. The van der Waals surface area contributed by atoms with Crippen molar-refractivity contribution in [3.05, 3.63) is 30.1 Å². The largest absolute Gasteiger partial charge is 0.479 e. The quantitative estimate of drug-likeness (QED) is 0.890. The van der Waals surface area contributed by atoms with Crippen LogP contribution in [0.1, 0.15) is 12.8 Å². The van der Waals surface area contributed by atoms with Crippen molar-refractivity contribution in [3.8, 4) is 0 Å². The van der Waals surface area contributed by atoms with Gasteiger partial charge in [-0.1, -0.05) is 12.1 Å². The smallest absolute Gasteiger partial charge is 0.332 e. The van der Waals surface area contributed by atoms with Gasteiger partial charge < -0.3 is 14.7 Å². The normalized spacial score (nSPS) is 23.0. The highest BCUT2D eigenvalue weighted by atomic mass is 19.1. The average molecular weight is 253 g/mol. The van der Waals surface area contributed by atoms with Gasteiger partial charge >= 0.3 is 5.97 Å². The van der Waals surface area contributed by atoms with Crippen LogP contribution in [0.3, 0.4) is 0 Å². The first-order valence-corrected chi connectivity index (χ1v) is 5.92. The summed E-state index contributed by atoms with van der Waals surface area (Å²) in [6.45, 7) is 0.491. The number of carboxylic acids is 1. The van der Waals surface area contributed by atoms with Crippen molar-refractivity contribution in [2.24, 2.45) is 0 Å². The zero-order chi connectivity index (χ0) is 13.1. The zero-order valence-corrected chi connectivity index (χ0v) is 10.2. The van der Waals surface area contributed by atoms with E-state index in [2.05, 4.69) is 0 Å². The maximum absolute atomic E-state index is 13.5. The number of aliphatic carboxylic acids is 1. The topological polar surface area (TPSA) is 49.8 Å². The Morgan fingerprint density at radius 2 is 2.22 bits per heavy atom. The third kappa shape index (κ3) is 2.79. The molecular weight excluding hydrogens is 237 g/mol. The molecular formula is C13H16FNO3. The van der Waals surface area contributed by atoms with Crippen molar-refractivity contribution in [2.45, 2.75) is 25.0 Å². The minimum Gasteiger partial charge on any atom is -0.479 e. The summed E-state index contributed by atoms with van der Waals surface area (Å²) in [7, 11) is 1.77. The minimum absolute atomic E-state index is 0.157. The highest BCUT2D eigenvalue weighted by Crippen LogP contribution is 2.23. The molecule has 0 aliphatic carbocycles. The Balaban J connectivity index is 1.95. The van der Waals surface area contributed by atoms with E-state index < -0.39 is 12.1 Å². The van der Waals surface area contributed by atoms with Crippen LogP contribution in [0.2, 0.25) is 0 Å². The Kier molecular flexibility index (Phi) is 3.81. The molecule has 1 saturated heterocycles. The molecule has 1 aromatic rings. The molecule has 1 N–H and O–H groups in total. The van der Waals surface area contributed by atoms with Gasteiger partial charge in [-0.3, -0.25) is 0 Å². The van der Waals surface area contributed by atoms with E-state index in [9.17, 15) is 9.18 Å². The molecule has 0 amide bonds. The van der Waals surface area contributed by atoms with Crippen molar-refractivity contribution in [1.82, 2.24) is 0 Å². The van der Waals surface area contributed by atoms with Crippen molar-refractivity contribution in [3.63, 3.8) is 0 Å². The predicted octanol–water partition coefficient (Wildman–Crippen LogP) is 1.89. The molecule has 5 heteroatoms. The Labute approximate surface area is 105 Å². The van der Waals surface area contributed by atoms with Gasteiger partial charge in [-0.2, -0.15) is 0 Å². The molecule has 1 aromatic carbocycles. The van der Waals surface area contributed by atoms with E-state index in [0.717, 1.165) is 0 Å². The third-order valence-corrected chi connectivity index (χ3v) is 3.12. The van der Waals surface area contributed by atoms with Gasteiger partial charge in [0.2, 0.25) is 0 Å². The lowest BCUT2D eigenvalue weighted by Crippen LogP contribution is -2.31. The van der Waals surface area contributed by atoms with Crippen LogP contribution in [0.4, 0.5) is 10.1 Å². The average Bonchev–Trinajstić information content (AvgIpc) is 2.78. The van der Waals surface area contributed by atoms with Crippen LogP contribution >= 0.6 is 0 Å². The van der Waals surface area contributed by atoms with Crippen LogP contribution in [-0.4, -0.2) is 36.9 Å². The molecule has 1 fully saturated rings. The summed E-state index contributed by atoms with van der Waals surface area (Å²) < 4.78 is 18.9. The first kappa shape index (κ1) is 12.8. The van der Waals surface area contributed by atoms with Gasteiger partial charge in [0, 0.05) is 13.6 Å². The minimum atomic E-state index is -0.925. The molecule has 1 aliphatic rings. The summed E-state index contributed by atoms with van der Waals surface area (Å²) in [4.78, 5) is 12.5. The van der Waals surface area contributed by atoms with E-state index in [1.165, 1.54) is 6.07 Å². The van der Waals surface area contributed by atoms with Gasteiger partial charge in [0.25, 0.3) is 0 Å². The summed E-state index contributed by atoms with van der Waals surface area (Å²) in [5, 5.41) is 8.83. The van der Waals surface area contributed by atoms with Crippen molar-refractivity contribution in [1.29, 1.82) is 0 Å². The fraction of sp³-hybridized carbons (Fsp3) is 0.462. The number of carbonyl (C=O) groups is 1. The van der Waals surface area contributed by atoms with Crippen LogP contribution in [0.5, 0.6) is 0 Å². The monoisotopic (exact) mass is 253 g/mol. The summed E-state index contributed by atoms with van der Waals surface area (Å²) >= 11 is 0. The van der Waals surface area contributed by atoms with Gasteiger partial charge in [-0.25, -0.2) is 9.18 Å². The molecule has 4 nitrogen and oxygen atoms in total. The second kappa shape index (κ2) is 5.35. The maximum Gasteiger partial charge on any atom is 0.332 e. The summed E-state index contributed by atoms with van der Waals surface area (Å²) in [6, 6.07) is 6.50. The van der Waals surface area contributed by atoms with E-state index in [4.69, 9.17) is 9.84 Å². The van der Waals surface area contributed by atoms with Gasteiger partial charge in [0.1, 0.15) is 5.82 Å². The molecule has 0 radical (unpaired) electrons. The van der Waals surface area contributed by atoms with Crippen LogP contribution in [0.15, 0.2) is 24.3 Å². The van der Waals surface area contributed by atoms with Crippen LogP contribution in [-0.2, 0) is 9.53 Å². The molecule has 0 bridgehead atoms. The highest BCUT2D eigenvalue weighted by Gasteiger charge is 2.31. The number of hydrogen-bond donors (Lipinski definition) is 1. The molecule has 1 aliphatic heterocycles. The molecule has 98 valence electrons. The Morgan fingerprint density at radius 3 is 2.83 bits per heavy atom. The lowest BCUT2D eigenvalue weighted by atomic mass is 10.2. The standard InChI is InChI=1S/C13H16FNO3/c1-15(11-5-3-2-4-10(11)14)8-9-6-7-12(18-9)13(16)17/h2-5,9,12H,6-8H2,1H3,(H,16,17). The second-order valence-corrected chi connectivity index (χ2v) is 4.49. The van der Waals surface area contributed by atoms with Crippen LogP contribution in [0, 0.1) is 5.82 Å². The maximum atomic E-state index is 13.5. The summed E-state index contributed by atoms with van der Waals surface area (Å²) in [6.07, 6.45) is 0.334. The van der Waals surface area contributed by atoms with E-state index >= 15 is 0 Å². The number of hydrogen-bond acceptors (Lipinski definition) is 3. The van der Waals surface area contributed by atoms with E-state index in [-0.39, 0.29) is 11.9 Å². The molecule has 2 unspecified atom stereocenters. The van der Waals surface area contributed by atoms with Crippen molar-refractivity contribution in [2.75, 3.05) is 18.5 Å². The molecule has 0 spiro atoms. The SMILES string of the molecule is CN(CC1CCC(C(=O)O)O1)c1ccccc1F. The molecule has 0 saturated carbocycles.